The molecule has 0 heterocycles. The fraction of sp³-hybridized carbons (Fsp3) is 1.00. The molecule has 0 saturated heterocycles. The van der Waals surface area contributed by atoms with Crippen LogP contribution in [0.15, 0.2) is 0 Å². The van der Waals surface area contributed by atoms with Crippen molar-refractivity contribution in [3.05, 3.63) is 0 Å². The second-order valence-electron chi connectivity index (χ2n) is 7.64. The van der Waals surface area contributed by atoms with E-state index in [1.54, 1.807) is 0 Å². The summed E-state index contributed by atoms with van der Waals surface area (Å²) in [5.41, 5.74) is 1.05. The highest BCUT2D eigenvalue weighted by Gasteiger charge is 2.61. The molecular weight excluding hydrogens is 250 g/mol. The molecular formula is C17H33NS. The van der Waals surface area contributed by atoms with Gasteiger partial charge in [0.05, 0.1) is 0 Å². The largest absolute Gasteiger partial charge is 0.312 e. The predicted molar refractivity (Wildman–Crippen MR) is 87.8 cm³/mol. The van der Waals surface area contributed by atoms with E-state index in [4.69, 9.17) is 0 Å². The number of fused-ring (bicyclic) bond motifs is 2. The second-order valence-corrected chi connectivity index (χ2v) is 8.91. The molecule has 2 saturated carbocycles. The van der Waals surface area contributed by atoms with Gasteiger partial charge in [-0.15, -0.1) is 0 Å². The normalized spacial score (nSPS) is 36.9. The monoisotopic (exact) mass is 283 g/mol. The van der Waals surface area contributed by atoms with Crippen LogP contribution in [0.4, 0.5) is 0 Å². The molecule has 0 aromatic carbocycles. The fourth-order valence-corrected chi connectivity index (χ4v) is 5.49. The molecule has 19 heavy (non-hydrogen) atoms. The van der Waals surface area contributed by atoms with Gasteiger partial charge in [0.25, 0.3) is 0 Å². The van der Waals surface area contributed by atoms with E-state index in [2.05, 4.69) is 58.0 Å². The van der Waals surface area contributed by atoms with Gasteiger partial charge in [0.15, 0.2) is 0 Å². The van der Waals surface area contributed by atoms with Crippen LogP contribution >= 0.6 is 11.8 Å². The van der Waals surface area contributed by atoms with Crippen molar-refractivity contribution < 1.29 is 0 Å². The SMILES string of the molecule is CCC(CC)(CNC1CC2CCC1(C)C2(C)C)SC. The van der Waals surface area contributed by atoms with Crippen molar-refractivity contribution in [3.8, 4) is 0 Å². The van der Waals surface area contributed by atoms with Gasteiger partial charge in [-0.3, -0.25) is 0 Å². The highest BCUT2D eigenvalue weighted by Crippen LogP contribution is 2.65. The van der Waals surface area contributed by atoms with Crippen molar-refractivity contribution in [2.24, 2.45) is 16.7 Å². The van der Waals surface area contributed by atoms with Crippen molar-refractivity contribution in [3.63, 3.8) is 0 Å². The van der Waals surface area contributed by atoms with E-state index in [0.29, 0.717) is 15.6 Å². The van der Waals surface area contributed by atoms with Crippen molar-refractivity contribution in [1.29, 1.82) is 0 Å². The Labute approximate surface area is 124 Å². The number of hydrogen-bond donors (Lipinski definition) is 1. The molecule has 0 aromatic rings. The summed E-state index contributed by atoms with van der Waals surface area (Å²) in [4.78, 5) is 0. The maximum absolute atomic E-state index is 3.98. The van der Waals surface area contributed by atoms with Crippen molar-refractivity contribution in [2.75, 3.05) is 12.8 Å². The van der Waals surface area contributed by atoms with Gasteiger partial charge >= 0.3 is 0 Å². The summed E-state index contributed by atoms with van der Waals surface area (Å²) in [5, 5.41) is 3.98. The molecule has 1 N–H and O–H groups in total. The molecule has 0 aromatic heterocycles. The van der Waals surface area contributed by atoms with E-state index < -0.39 is 0 Å². The van der Waals surface area contributed by atoms with Gasteiger partial charge in [-0.25, -0.2) is 0 Å². The molecule has 2 fully saturated rings. The van der Waals surface area contributed by atoms with Crippen molar-refractivity contribution in [1.82, 2.24) is 5.32 Å². The smallest absolute Gasteiger partial charge is 0.0276 e. The third-order valence-electron chi connectivity index (χ3n) is 7.19. The molecule has 1 nitrogen and oxygen atoms in total. The molecule has 0 amide bonds. The van der Waals surface area contributed by atoms with E-state index in [1.807, 2.05) is 0 Å². The van der Waals surface area contributed by atoms with Gasteiger partial charge in [0.1, 0.15) is 0 Å². The molecule has 2 bridgehead atoms. The first-order valence-electron chi connectivity index (χ1n) is 8.14. The maximum atomic E-state index is 3.98. The topological polar surface area (TPSA) is 12.0 Å². The Morgan fingerprint density at radius 1 is 1.21 bits per heavy atom. The van der Waals surface area contributed by atoms with Gasteiger partial charge < -0.3 is 5.32 Å². The lowest BCUT2D eigenvalue weighted by Crippen LogP contribution is -2.49. The zero-order chi connectivity index (χ0) is 14.3. The molecule has 2 aliphatic carbocycles. The van der Waals surface area contributed by atoms with Crippen LogP contribution in [0, 0.1) is 16.7 Å². The first-order chi connectivity index (χ1) is 8.85. The Bertz CT molecular complexity index is 313. The van der Waals surface area contributed by atoms with Crippen LogP contribution in [0.5, 0.6) is 0 Å². The predicted octanol–water partition coefficient (Wildman–Crippen LogP) is 4.71. The Kier molecular flexibility index (Phi) is 4.34. The van der Waals surface area contributed by atoms with Crippen LogP contribution < -0.4 is 5.32 Å². The van der Waals surface area contributed by atoms with Gasteiger partial charge in [-0.1, -0.05) is 34.6 Å². The van der Waals surface area contributed by atoms with E-state index in [1.165, 1.54) is 38.6 Å². The zero-order valence-electron chi connectivity index (χ0n) is 13.8. The van der Waals surface area contributed by atoms with Gasteiger partial charge in [0, 0.05) is 17.3 Å². The summed E-state index contributed by atoms with van der Waals surface area (Å²) in [7, 11) is 0. The zero-order valence-corrected chi connectivity index (χ0v) is 14.6. The summed E-state index contributed by atoms with van der Waals surface area (Å²) in [6.07, 6.45) is 9.11. The molecule has 2 rings (SSSR count). The lowest BCUT2D eigenvalue weighted by atomic mass is 9.69. The number of nitrogens with one attached hydrogen (secondary N) is 1. The van der Waals surface area contributed by atoms with E-state index in [0.717, 1.165) is 12.0 Å². The third-order valence-corrected chi connectivity index (χ3v) is 8.77. The minimum absolute atomic E-state index is 0.447. The van der Waals surface area contributed by atoms with Crippen molar-refractivity contribution in [2.45, 2.75) is 77.5 Å². The summed E-state index contributed by atoms with van der Waals surface area (Å²) in [6, 6.07) is 0.742. The minimum atomic E-state index is 0.447. The second kappa shape index (κ2) is 5.26. The van der Waals surface area contributed by atoms with Gasteiger partial charge in [-0.05, 0) is 55.1 Å². The Hall–Kier alpha value is 0.310. The third kappa shape index (κ3) is 2.27. The summed E-state index contributed by atoms with van der Waals surface area (Å²) >= 11 is 2.06. The van der Waals surface area contributed by atoms with E-state index in [9.17, 15) is 0 Å². The van der Waals surface area contributed by atoms with Gasteiger partial charge in [-0.2, -0.15) is 11.8 Å². The van der Waals surface area contributed by atoms with Crippen LogP contribution in [0.2, 0.25) is 0 Å². The van der Waals surface area contributed by atoms with Gasteiger partial charge in [0.2, 0.25) is 0 Å². The standard InChI is InChI=1S/C17H33NS/c1-7-17(8-2,19-6)12-18-14-11-13-9-10-16(14,5)15(13,3)4/h13-14,18H,7-12H2,1-6H3. The molecule has 0 radical (unpaired) electrons. The average molecular weight is 284 g/mol. The number of hydrogen-bond acceptors (Lipinski definition) is 2. The molecule has 3 atom stereocenters. The average Bonchev–Trinajstić information content (AvgIpc) is 2.74. The Morgan fingerprint density at radius 2 is 1.84 bits per heavy atom. The highest BCUT2D eigenvalue weighted by molar-refractivity contribution is 8.00. The number of rotatable bonds is 6. The van der Waals surface area contributed by atoms with Crippen LogP contribution in [0.1, 0.15) is 66.7 Å². The molecule has 2 aliphatic rings. The van der Waals surface area contributed by atoms with Crippen LogP contribution in [0.25, 0.3) is 0 Å². The lowest BCUT2D eigenvalue weighted by Gasteiger charge is -2.41. The lowest BCUT2D eigenvalue weighted by molar-refractivity contribution is 0.119. The number of thioether (sulfide) groups is 1. The first kappa shape index (κ1) is 15.7. The quantitative estimate of drug-likeness (QED) is 0.757. The first-order valence-corrected chi connectivity index (χ1v) is 9.36. The fourth-order valence-electron chi connectivity index (χ4n) is 4.68. The maximum Gasteiger partial charge on any atom is 0.0276 e. The molecule has 3 unspecified atom stereocenters. The van der Waals surface area contributed by atoms with Crippen molar-refractivity contribution >= 4 is 11.8 Å². The summed E-state index contributed by atoms with van der Waals surface area (Å²) in [5.74, 6) is 0.946. The highest BCUT2D eigenvalue weighted by atomic mass is 32.2. The molecule has 0 aliphatic heterocycles. The molecule has 2 heteroatoms. The van der Waals surface area contributed by atoms with E-state index >= 15 is 0 Å². The Balaban J connectivity index is 2.02. The van der Waals surface area contributed by atoms with Crippen LogP contribution in [0.3, 0.4) is 0 Å². The summed E-state index contributed by atoms with van der Waals surface area (Å²) < 4.78 is 0.447. The van der Waals surface area contributed by atoms with Crippen LogP contribution in [-0.4, -0.2) is 23.6 Å². The molecule has 112 valence electrons. The minimum Gasteiger partial charge on any atom is -0.312 e. The van der Waals surface area contributed by atoms with E-state index in [-0.39, 0.29) is 0 Å². The van der Waals surface area contributed by atoms with Crippen LogP contribution in [-0.2, 0) is 0 Å². The Morgan fingerprint density at radius 3 is 2.21 bits per heavy atom. The summed E-state index contributed by atoms with van der Waals surface area (Å²) in [6.45, 7) is 13.4. The molecule has 0 spiro atoms.